The van der Waals surface area contributed by atoms with Gasteiger partial charge in [0.2, 0.25) is 5.78 Å². The lowest BCUT2D eigenvalue weighted by atomic mass is 9.92. The monoisotopic (exact) mass is 430 g/mol. The fraction of sp³-hybridized carbons (Fsp3) is 0.409. The first-order chi connectivity index (χ1) is 14.2. The van der Waals surface area contributed by atoms with E-state index in [1.807, 2.05) is 6.92 Å². The van der Waals surface area contributed by atoms with Crippen molar-refractivity contribution in [3.63, 3.8) is 0 Å². The number of aromatic nitrogens is 1. The van der Waals surface area contributed by atoms with E-state index in [0.717, 1.165) is 5.01 Å². The summed E-state index contributed by atoms with van der Waals surface area (Å²) in [5.74, 6) is -1.34. The van der Waals surface area contributed by atoms with Gasteiger partial charge < -0.3 is 19.8 Å². The fourth-order valence-corrected chi connectivity index (χ4v) is 4.73. The second-order valence-electron chi connectivity index (χ2n) is 7.49. The molecule has 1 unspecified atom stereocenters. The molecule has 1 aliphatic heterocycles. The van der Waals surface area contributed by atoms with Crippen LogP contribution in [0.25, 0.3) is 0 Å². The van der Waals surface area contributed by atoms with E-state index in [-0.39, 0.29) is 11.3 Å². The average Bonchev–Trinajstić information content (AvgIpc) is 3.16. The average molecular weight is 431 g/mol. The quantitative estimate of drug-likeness (QED) is 0.513. The number of thiazole rings is 1. The number of amides is 1. The molecule has 1 atom stereocenters. The van der Waals surface area contributed by atoms with E-state index < -0.39 is 23.5 Å². The van der Waals surface area contributed by atoms with Crippen molar-refractivity contribution < 1.29 is 24.5 Å². The molecule has 160 valence electrons. The highest BCUT2D eigenvalue weighted by Gasteiger charge is 2.44. The SMILES string of the molecule is COCCCN1C(=O)C(O)=C(C(=O)c2sc(C)nc2C)C1c1cc(C)c(O)c(C)c1. The van der Waals surface area contributed by atoms with Crippen molar-refractivity contribution in [2.24, 2.45) is 0 Å². The molecule has 1 amide bonds. The Kier molecular flexibility index (Phi) is 6.28. The molecule has 2 aromatic rings. The van der Waals surface area contributed by atoms with E-state index in [0.29, 0.717) is 46.8 Å². The van der Waals surface area contributed by atoms with Crippen LogP contribution < -0.4 is 0 Å². The predicted molar refractivity (Wildman–Crippen MR) is 114 cm³/mol. The second-order valence-corrected chi connectivity index (χ2v) is 8.69. The Bertz CT molecular complexity index is 1020. The number of carbonyl (C=O) groups excluding carboxylic acids is 2. The van der Waals surface area contributed by atoms with E-state index in [4.69, 9.17) is 4.74 Å². The first-order valence-electron chi connectivity index (χ1n) is 9.69. The van der Waals surface area contributed by atoms with Gasteiger partial charge >= 0.3 is 0 Å². The van der Waals surface area contributed by atoms with E-state index in [2.05, 4.69) is 4.98 Å². The third-order valence-electron chi connectivity index (χ3n) is 5.23. The zero-order valence-electron chi connectivity index (χ0n) is 17.8. The van der Waals surface area contributed by atoms with Gasteiger partial charge in [-0.15, -0.1) is 11.3 Å². The molecule has 0 bridgehead atoms. The molecule has 2 heterocycles. The Hall–Kier alpha value is -2.71. The van der Waals surface area contributed by atoms with Crippen LogP contribution in [0.5, 0.6) is 5.75 Å². The Morgan fingerprint density at radius 1 is 1.20 bits per heavy atom. The lowest BCUT2D eigenvalue weighted by Gasteiger charge is -2.27. The van der Waals surface area contributed by atoms with Crippen LogP contribution in [0.3, 0.4) is 0 Å². The molecule has 2 N–H and O–H groups in total. The maximum absolute atomic E-state index is 13.4. The van der Waals surface area contributed by atoms with Gasteiger partial charge in [-0.1, -0.05) is 0 Å². The Balaban J connectivity index is 2.13. The van der Waals surface area contributed by atoms with Gasteiger partial charge in [0, 0.05) is 20.3 Å². The van der Waals surface area contributed by atoms with Crippen molar-refractivity contribution in [2.45, 2.75) is 40.2 Å². The van der Waals surface area contributed by atoms with Gasteiger partial charge in [-0.05, 0) is 62.9 Å². The molecule has 0 fully saturated rings. The summed E-state index contributed by atoms with van der Waals surface area (Å²) < 4.78 is 5.10. The Morgan fingerprint density at radius 2 is 1.83 bits per heavy atom. The third kappa shape index (κ3) is 3.85. The summed E-state index contributed by atoms with van der Waals surface area (Å²) in [5, 5.41) is 21.6. The van der Waals surface area contributed by atoms with Crippen LogP contribution in [0, 0.1) is 27.7 Å². The number of aliphatic hydroxyl groups excluding tert-OH is 1. The number of aryl methyl sites for hydroxylation is 4. The number of aliphatic hydroxyl groups is 1. The molecule has 30 heavy (non-hydrogen) atoms. The van der Waals surface area contributed by atoms with Gasteiger partial charge in [0.25, 0.3) is 5.91 Å². The largest absolute Gasteiger partial charge is 0.507 e. The standard InChI is InChI=1S/C22H26N2O5S/c1-11-9-15(10-12(2)18(11)25)17-16(19(26)21-13(3)23-14(4)30-21)20(27)22(28)24(17)7-6-8-29-5/h9-10,17,25,27H,6-8H2,1-5H3. The number of phenolic OH excluding ortho intramolecular Hbond substituents is 1. The maximum Gasteiger partial charge on any atom is 0.290 e. The van der Waals surface area contributed by atoms with Crippen LogP contribution in [-0.2, 0) is 9.53 Å². The number of rotatable bonds is 7. The lowest BCUT2D eigenvalue weighted by molar-refractivity contribution is -0.129. The minimum atomic E-state index is -0.748. The topological polar surface area (TPSA) is 100.0 Å². The Morgan fingerprint density at radius 3 is 2.37 bits per heavy atom. The molecule has 0 radical (unpaired) electrons. The van der Waals surface area contributed by atoms with Crippen LogP contribution >= 0.6 is 11.3 Å². The van der Waals surface area contributed by atoms with Crippen LogP contribution in [0.1, 0.15) is 49.5 Å². The highest BCUT2D eigenvalue weighted by Crippen LogP contribution is 2.41. The lowest BCUT2D eigenvalue weighted by Crippen LogP contribution is -2.32. The summed E-state index contributed by atoms with van der Waals surface area (Å²) in [7, 11) is 1.58. The molecule has 0 saturated carbocycles. The number of carbonyl (C=O) groups is 2. The number of benzene rings is 1. The molecule has 8 heteroatoms. The van der Waals surface area contributed by atoms with Crippen molar-refractivity contribution in [1.82, 2.24) is 9.88 Å². The molecule has 0 spiro atoms. The van der Waals surface area contributed by atoms with Crippen molar-refractivity contribution >= 4 is 23.0 Å². The number of nitrogens with zero attached hydrogens (tertiary/aromatic N) is 2. The van der Waals surface area contributed by atoms with Gasteiger partial charge in [0.1, 0.15) is 5.75 Å². The van der Waals surface area contributed by atoms with Gasteiger partial charge in [0.05, 0.1) is 27.2 Å². The Labute approximate surface area is 179 Å². The van der Waals surface area contributed by atoms with Crippen molar-refractivity contribution in [1.29, 1.82) is 0 Å². The normalized spacial score (nSPS) is 16.6. The second kappa shape index (κ2) is 8.57. The van der Waals surface area contributed by atoms with E-state index in [1.165, 1.54) is 16.2 Å². The number of ether oxygens (including phenoxy) is 1. The zero-order valence-corrected chi connectivity index (χ0v) is 18.6. The van der Waals surface area contributed by atoms with Gasteiger partial charge in [-0.25, -0.2) is 4.98 Å². The van der Waals surface area contributed by atoms with Crippen molar-refractivity contribution in [3.8, 4) is 5.75 Å². The number of phenols is 1. The summed E-state index contributed by atoms with van der Waals surface area (Å²) in [6.07, 6.45) is 0.558. The highest BCUT2D eigenvalue weighted by molar-refractivity contribution is 7.14. The highest BCUT2D eigenvalue weighted by atomic mass is 32.1. The summed E-state index contributed by atoms with van der Waals surface area (Å²) in [6.45, 7) is 7.84. The minimum Gasteiger partial charge on any atom is -0.507 e. The maximum atomic E-state index is 13.4. The summed E-state index contributed by atoms with van der Waals surface area (Å²) >= 11 is 1.25. The number of ketones is 1. The van der Waals surface area contributed by atoms with Crippen LogP contribution in [0.15, 0.2) is 23.5 Å². The number of hydrogen-bond donors (Lipinski definition) is 2. The van der Waals surface area contributed by atoms with E-state index in [9.17, 15) is 19.8 Å². The molecular weight excluding hydrogens is 404 g/mol. The zero-order chi connectivity index (χ0) is 22.2. The van der Waals surface area contributed by atoms with Gasteiger partial charge in [-0.3, -0.25) is 9.59 Å². The smallest absolute Gasteiger partial charge is 0.290 e. The molecule has 0 saturated heterocycles. The first-order valence-corrected chi connectivity index (χ1v) is 10.5. The summed E-state index contributed by atoms with van der Waals surface area (Å²) in [5.41, 5.74) is 2.56. The molecule has 0 aliphatic carbocycles. The summed E-state index contributed by atoms with van der Waals surface area (Å²) in [6, 6.07) is 2.75. The third-order valence-corrected chi connectivity index (χ3v) is 6.31. The van der Waals surface area contributed by atoms with Gasteiger partial charge in [0.15, 0.2) is 5.76 Å². The van der Waals surface area contributed by atoms with E-state index in [1.54, 1.807) is 40.0 Å². The van der Waals surface area contributed by atoms with Gasteiger partial charge in [-0.2, -0.15) is 0 Å². The van der Waals surface area contributed by atoms with Crippen LogP contribution in [0.4, 0.5) is 0 Å². The van der Waals surface area contributed by atoms with Crippen LogP contribution in [-0.4, -0.2) is 52.0 Å². The van der Waals surface area contributed by atoms with Crippen LogP contribution in [0.2, 0.25) is 0 Å². The number of aromatic hydroxyl groups is 1. The first kappa shape index (κ1) is 22.0. The number of hydrogen-bond acceptors (Lipinski definition) is 7. The fourth-order valence-electron chi connectivity index (χ4n) is 3.85. The molecular formula is C22H26N2O5S. The number of methoxy groups -OCH3 is 1. The molecule has 1 aromatic carbocycles. The molecule has 7 nitrogen and oxygen atoms in total. The number of Topliss-reactive ketones (excluding diaryl/α,β-unsaturated/α-hetero) is 1. The van der Waals surface area contributed by atoms with E-state index >= 15 is 0 Å². The molecule has 3 rings (SSSR count). The predicted octanol–water partition coefficient (Wildman–Crippen LogP) is 3.70. The minimum absolute atomic E-state index is 0.0497. The van der Waals surface area contributed by atoms with Crippen molar-refractivity contribution in [3.05, 3.63) is 55.7 Å². The molecule has 1 aromatic heterocycles. The summed E-state index contributed by atoms with van der Waals surface area (Å²) in [4.78, 5) is 32.6. The molecule has 1 aliphatic rings. The van der Waals surface area contributed by atoms with Crippen molar-refractivity contribution in [2.75, 3.05) is 20.3 Å².